The van der Waals surface area contributed by atoms with E-state index in [1.165, 1.54) is 0 Å². The van der Waals surface area contributed by atoms with Crippen molar-refractivity contribution in [3.05, 3.63) is 58.7 Å². The number of piperazine rings is 1. The van der Waals surface area contributed by atoms with E-state index in [0.717, 1.165) is 34.3 Å². The SMILES string of the molecule is CC(c1ncc(Br)cn1)N1CCN(C(=O)c2cc3ccccc3[nH]2)CC1. The molecular weight excluding hydrogens is 394 g/mol. The molecule has 0 spiro atoms. The number of amides is 1. The van der Waals surface area contributed by atoms with Gasteiger partial charge in [0.15, 0.2) is 0 Å². The standard InChI is InChI=1S/C19H20BrN5O/c1-13(18-21-11-15(20)12-22-18)24-6-8-25(9-7-24)19(26)17-10-14-4-2-3-5-16(14)23-17/h2-5,10-13,23H,6-9H2,1H3. The number of H-pyrrole nitrogens is 1. The minimum atomic E-state index is 0.0633. The van der Waals surface area contributed by atoms with Crippen LogP contribution in [0.15, 0.2) is 47.2 Å². The van der Waals surface area contributed by atoms with Gasteiger partial charge in [-0.25, -0.2) is 9.97 Å². The fourth-order valence-corrected chi connectivity index (χ4v) is 3.58. The van der Waals surface area contributed by atoms with Crippen LogP contribution < -0.4 is 0 Å². The van der Waals surface area contributed by atoms with Crippen LogP contribution >= 0.6 is 15.9 Å². The van der Waals surface area contributed by atoms with Gasteiger partial charge in [0.2, 0.25) is 0 Å². The van der Waals surface area contributed by atoms with Crippen LogP contribution in [0.4, 0.5) is 0 Å². The van der Waals surface area contributed by atoms with Gasteiger partial charge < -0.3 is 9.88 Å². The van der Waals surface area contributed by atoms with Crippen LogP contribution in [0.2, 0.25) is 0 Å². The van der Waals surface area contributed by atoms with Gasteiger partial charge in [-0.3, -0.25) is 9.69 Å². The number of hydrogen-bond donors (Lipinski definition) is 1. The molecule has 0 saturated carbocycles. The smallest absolute Gasteiger partial charge is 0.270 e. The first-order valence-corrected chi connectivity index (χ1v) is 9.49. The molecular formula is C19H20BrN5O. The van der Waals surface area contributed by atoms with Gasteiger partial charge in [0, 0.05) is 49.5 Å². The lowest BCUT2D eigenvalue weighted by atomic mass is 10.2. The van der Waals surface area contributed by atoms with Gasteiger partial charge in [-0.15, -0.1) is 0 Å². The van der Waals surface area contributed by atoms with Crippen molar-refractivity contribution in [3.8, 4) is 0 Å². The van der Waals surface area contributed by atoms with Crippen LogP contribution in [-0.4, -0.2) is 56.8 Å². The Labute approximate surface area is 160 Å². The lowest BCUT2D eigenvalue weighted by molar-refractivity contribution is 0.0571. The average molecular weight is 414 g/mol. The third-order valence-electron chi connectivity index (χ3n) is 4.92. The molecule has 6 nitrogen and oxygen atoms in total. The number of nitrogens with one attached hydrogen (secondary N) is 1. The molecule has 1 aliphatic rings. The third-order valence-corrected chi connectivity index (χ3v) is 5.33. The molecule has 1 atom stereocenters. The summed E-state index contributed by atoms with van der Waals surface area (Å²) in [4.78, 5) is 29.0. The number of para-hydroxylation sites is 1. The number of halogens is 1. The highest BCUT2D eigenvalue weighted by atomic mass is 79.9. The lowest BCUT2D eigenvalue weighted by Crippen LogP contribution is -2.49. The second-order valence-corrected chi connectivity index (χ2v) is 7.45. The Morgan fingerprint density at radius 2 is 1.85 bits per heavy atom. The Balaban J connectivity index is 1.41. The molecule has 3 heterocycles. The second kappa shape index (κ2) is 7.17. The highest BCUT2D eigenvalue weighted by Crippen LogP contribution is 2.21. The molecule has 1 unspecified atom stereocenters. The first-order chi connectivity index (χ1) is 12.6. The van der Waals surface area contributed by atoms with E-state index in [0.29, 0.717) is 18.8 Å². The van der Waals surface area contributed by atoms with Gasteiger partial charge in [-0.1, -0.05) is 18.2 Å². The maximum absolute atomic E-state index is 12.8. The van der Waals surface area contributed by atoms with Gasteiger partial charge in [0.25, 0.3) is 5.91 Å². The monoisotopic (exact) mass is 413 g/mol. The Morgan fingerprint density at radius 1 is 1.15 bits per heavy atom. The van der Waals surface area contributed by atoms with Crippen molar-refractivity contribution < 1.29 is 4.79 Å². The minimum Gasteiger partial charge on any atom is -0.351 e. The largest absolute Gasteiger partial charge is 0.351 e. The van der Waals surface area contributed by atoms with E-state index < -0.39 is 0 Å². The second-order valence-electron chi connectivity index (χ2n) is 6.53. The molecule has 134 valence electrons. The third kappa shape index (κ3) is 3.37. The summed E-state index contributed by atoms with van der Waals surface area (Å²) in [5, 5.41) is 1.07. The summed E-state index contributed by atoms with van der Waals surface area (Å²) in [5.41, 5.74) is 1.65. The van der Waals surface area contributed by atoms with Crippen molar-refractivity contribution in [2.75, 3.05) is 26.2 Å². The quantitative estimate of drug-likeness (QED) is 0.715. The van der Waals surface area contributed by atoms with Gasteiger partial charge in [-0.2, -0.15) is 0 Å². The molecule has 1 aromatic carbocycles. The Hall–Kier alpha value is -2.25. The van der Waals surface area contributed by atoms with Crippen LogP contribution in [0.5, 0.6) is 0 Å². The fraction of sp³-hybridized carbons (Fsp3) is 0.316. The number of nitrogens with zero attached hydrogens (tertiary/aromatic N) is 4. The molecule has 1 fully saturated rings. The van der Waals surface area contributed by atoms with E-state index in [4.69, 9.17) is 0 Å². The summed E-state index contributed by atoms with van der Waals surface area (Å²) in [5.74, 6) is 0.872. The van der Waals surface area contributed by atoms with E-state index in [1.54, 1.807) is 12.4 Å². The zero-order valence-electron chi connectivity index (χ0n) is 14.5. The van der Waals surface area contributed by atoms with Gasteiger partial charge in [0.1, 0.15) is 11.5 Å². The van der Waals surface area contributed by atoms with Crippen LogP contribution in [0.25, 0.3) is 10.9 Å². The summed E-state index contributed by atoms with van der Waals surface area (Å²) >= 11 is 3.36. The van der Waals surface area contributed by atoms with E-state index in [9.17, 15) is 4.79 Å². The summed E-state index contributed by atoms with van der Waals surface area (Å²) in [7, 11) is 0. The summed E-state index contributed by atoms with van der Waals surface area (Å²) in [6.07, 6.45) is 3.54. The van der Waals surface area contributed by atoms with E-state index in [-0.39, 0.29) is 11.9 Å². The Bertz CT molecular complexity index is 882. The molecule has 7 heteroatoms. The lowest BCUT2D eigenvalue weighted by Gasteiger charge is -2.37. The molecule has 0 radical (unpaired) electrons. The minimum absolute atomic E-state index is 0.0633. The molecule has 1 amide bonds. The molecule has 1 saturated heterocycles. The number of rotatable bonds is 3. The van der Waals surface area contributed by atoms with Crippen molar-refractivity contribution in [2.45, 2.75) is 13.0 Å². The number of aromatic amines is 1. The molecule has 0 aliphatic carbocycles. The zero-order chi connectivity index (χ0) is 18.1. The number of carbonyl (C=O) groups excluding carboxylic acids is 1. The average Bonchev–Trinajstić information content (AvgIpc) is 3.12. The molecule has 4 rings (SSSR count). The van der Waals surface area contributed by atoms with E-state index >= 15 is 0 Å². The molecule has 2 aromatic heterocycles. The normalized spacial score (nSPS) is 16.8. The van der Waals surface area contributed by atoms with Crippen molar-refractivity contribution in [1.82, 2.24) is 24.8 Å². The van der Waals surface area contributed by atoms with Crippen molar-refractivity contribution in [3.63, 3.8) is 0 Å². The van der Waals surface area contributed by atoms with Gasteiger partial charge in [-0.05, 0) is 35.0 Å². The number of fused-ring (bicyclic) bond motifs is 1. The Morgan fingerprint density at radius 3 is 2.54 bits per heavy atom. The van der Waals surface area contributed by atoms with Gasteiger partial charge in [0.05, 0.1) is 10.5 Å². The molecule has 3 aromatic rings. The molecule has 26 heavy (non-hydrogen) atoms. The summed E-state index contributed by atoms with van der Waals surface area (Å²) in [6.45, 7) is 5.14. The summed E-state index contributed by atoms with van der Waals surface area (Å²) in [6, 6.07) is 10.0. The van der Waals surface area contributed by atoms with Crippen molar-refractivity contribution in [2.24, 2.45) is 0 Å². The van der Waals surface area contributed by atoms with Crippen LogP contribution in [0.3, 0.4) is 0 Å². The number of carbonyl (C=O) groups is 1. The Kier molecular flexibility index (Phi) is 4.74. The maximum atomic E-state index is 12.8. The first kappa shape index (κ1) is 17.2. The predicted molar refractivity (Wildman–Crippen MR) is 104 cm³/mol. The fourth-order valence-electron chi connectivity index (χ4n) is 3.37. The zero-order valence-corrected chi connectivity index (χ0v) is 16.1. The van der Waals surface area contributed by atoms with Crippen LogP contribution in [0, 0.1) is 0 Å². The maximum Gasteiger partial charge on any atom is 0.270 e. The molecule has 0 bridgehead atoms. The van der Waals surface area contributed by atoms with E-state index in [2.05, 4.69) is 42.7 Å². The van der Waals surface area contributed by atoms with E-state index in [1.807, 2.05) is 35.2 Å². The summed E-state index contributed by atoms with van der Waals surface area (Å²) < 4.78 is 0.877. The highest BCUT2D eigenvalue weighted by molar-refractivity contribution is 9.10. The number of benzene rings is 1. The topological polar surface area (TPSA) is 65.1 Å². The first-order valence-electron chi connectivity index (χ1n) is 8.70. The predicted octanol–water partition coefficient (Wildman–Crippen LogP) is 3.24. The van der Waals surface area contributed by atoms with Crippen molar-refractivity contribution in [1.29, 1.82) is 0 Å². The molecule has 1 aliphatic heterocycles. The van der Waals surface area contributed by atoms with Crippen LogP contribution in [0.1, 0.15) is 29.3 Å². The van der Waals surface area contributed by atoms with Crippen LogP contribution in [-0.2, 0) is 0 Å². The number of aromatic nitrogens is 3. The molecule has 1 N–H and O–H groups in total. The van der Waals surface area contributed by atoms with Gasteiger partial charge >= 0.3 is 0 Å². The van der Waals surface area contributed by atoms with Crippen molar-refractivity contribution >= 4 is 32.7 Å². The highest BCUT2D eigenvalue weighted by Gasteiger charge is 2.27. The number of hydrogen-bond acceptors (Lipinski definition) is 4.